The Kier molecular flexibility index (Phi) is 4.62. The molecule has 1 heterocycles. The van der Waals surface area contributed by atoms with Gasteiger partial charge in [0.1, 0.15) is 5.60 Å². The number of aliphatic hydroxyl groups is 1. The lowest BCUT2D eigenvalue weighted by molar-refractivity contribution is -0.153. The third-order valence-corrected chi connectivity index (χ3v) is 3.89. The number of nitrogens with one attached hydrogen (secondary N) is 1. The lowest BCUT2D eigenvalue weighted by Gasteiger charge is -2.33. The molecular weight excluding hydrogens is 274 g/mol. The number of hydrogen-bond acceptors (Lipinski definition) is 4. The molecule has 7 heteroatoms. The van der Waals surface area contributed by atoms with E-state index in [9.17, 15) is 19.5 Å². The summed E-state index contributed by atoms with van der Waals surface area (Å²) in [5.41, 5.74) is -1.06. The van der Waals surface area contributed by atoms with Gasteiger partial charge in [0.25, 0.3) is 0 Å². The summed E-state index contributed by atoms with van der Waals surface area (Å²) in [5, 5.41) is 12.8. The van der Waals surface area contributed by atoms with Crippen molar-refractivity contribution in [3.63, 3.8) is 0 Å². The zero-order valence-corrected chi connectivity index (χ0v) is 12.2. The van der Waals surface area contributed by atoms with Gasteiger partial charge in [-0.3, -0.25) is 14.5 Å². The number of allylic oxidation sites excluding steroid dienone is 1. The Morgan fingerprint density at radius 1 is 1.38 bits per heavy atom. The normalized spacial score (nSPS) is 26.2. The van der Waals surface area contributed by atoms with E-state index < -0.39 is 23.4 Å². The second kappa shape index (κ2) is 6.26. The van der Waals surface area contributed by atoms with Crippen LogP contribution in [0.1, 0.15) is 26.2 Å². The van der Waals surface area contributed by atoms with Crippen molar-refractivity contribution in [3.05, 3.63) is 12.2 Å². The number of amides is 4. The fraction of sp³-hybridized carbons (Fsp3) is 0.643. The average Bonchev–Trinajstić information content (AvgIpc) is 2.48. The number of piperazine rings is 1. The van der Waals surface area contributed by atoms with E-state index in [1.54, 1.807) is 13.0 Å². The van der Waals surface area contributed by atoms with Gasteiger partial charge in [-0.05, 0) is 26.2 Å². The Morgan fingerprint density at radius 2 is 2.14 bits per heavy atom. The van der Waals surface area contributed by atoms with Gasteiger partial charge in [0.15, 0.2) is 0 Å². The molecule has 1 aliphatic carbocycles. The standard InChI is InChI=1S/C14H21N3O4/c1-2-16-8-9-17(12(19)11(16)18)13(20)15-10-14(21)6-4-3-5-7-14/h4,6,21H,2-3,5,7-10H2,1H3,(H,15,20). The summed E-state index contributed by atoms with van der Waals surface area (Å²) in [5.74, 6) is -1.47. The molecule has 4 amide bonds. The molecule has 0 saturated carbocycles. The minimum absolute atomic E-state index is 0.0395. The molecule has 2 N–H and O–H groups in total. The minimum Gasteiger partial charge on any atom is -0.384 e. The molecule has 0 bridgehead atoms. The highest BCUT2D eigenvalue weighted by molar-refractivity contribution is 6.38. The first-order valence-corrected chi connectivity index (χ1v) is 7.25. The molecule has 0 aromatic rings. The van der Waals surface area contributed by atoms with Crippen molar-refractivity contribution in [1.29, 1.82) is 0 Å². The first kappa shape index (κ1) is 15.5. The van der Waals surface area contributed by atoms with Gasteiger partial charge in [-0.2, -0.15) is 0 Å². The summed E-state index contributed by atoms with van der Waals surface area (Å²) < 4.78 is 0. The Labute approximate surface area is 123 Å². The first-order valence-electron chi connectivity index (χ1n) is 7.25. The molecule has 21 heavy (non-hydrogen) atoms. The number of nitrogens with zero attached hydrogens (tertiary/aromatic N) is 2. The molecule has 1 saturated heterocycles. The van der Waals surface area contributed by atoms with Crippen LogP contribution in [0.15, 0.2) is 12.2 Å². The number of hydrogen-bond donors (Lipinski definition) is 2. The molecule has 0 aromatic carbocycles. The molecule has 1 fully saturated rings. The maximum absolute atomic E-state index is 12.0. The van der Waals surface area contributed by atoms with E-state index in [-0.39, 0.29) is 13.1 Å². The number of carbonyl (C=O) groups excluding carboxylic acids is 3. The van der Waals surface area contributed by atoms with Crippen LogP contribution < -0.4 is 5.32 Å². The van der Waals surface area contributed by atoms with Crippen LogP contribution in [0.4, 0.5) is 4.79 Å². The summed E-state index contributed by atoms with van der Waals surface area (Å²) in [6, 6.07) is -0.628. The summed E-state index contributed by atoms with van der Waals surface area (Å²) >= 11 is 0. The van der Waals surface area contributed by atoms with Crippen LogP contribution >= 0.6 is 0 Å². The topological polar surface area (TPSA) is 89.9 Å². The average molecular weight is 295 g/mol. The second-order valence-corrected chi connectivity index (χ2v) is 5.40. The first-order chi connectivity index (χ1) is 9.97. The van der Waals surface area contributed by atoms with E-state index in [0.717, 1.165) is 17.7 Å². The Balaban J connectivity index is 1.92. The highest BCUT2D eigenvalue weighted by atomic mass is 16.3. The van der Waals surface area contributed by atoms with E-state index in [1.165, 1.54) is 4.90 Å². The monoisotopic (exact) mass is 295 g/mol. The Hall–Kier alpha value is -1.89. The highest BCUT2D eigenvalue weighted by Gasteiger charge is 2.36. The quantitative estimate of drug-likeness (QED) is 0.560. The van der Waals surface area contributed by atoms with E-state index in [2.05, 4.69) is 5.32 Å². The van der Waals surface area contributed by atoms with Gasteiger partial charge in [-0.1, -0.05) is 12.2 Å². The summed E-state index contributed by atoms with van der Waals surface area (Å²) in [7, 11) is 0. The molecule has 116 valence electrons. The van der Waals surface area contributed by atoms with Crippen molar-refractivity contribution in [3.8, 4) is 0 Å². The molecule has 2 rings (SSSR count). The lowest BCUT2D eigenvalue weighted by Crippen LogP contribution is -2.59. The molecule has 1 aliphatic heterocycles. The number of urea groups is 1. The zero-order chi connectivity index (χ0) is 15.5. The number of imide groups is 1. The van der Waals surface area contributed by atoms with Crippen LogP contribution in [0.2, 0.25) is 0 Å². The van der Waals surface area contributed by atoms with Crippen LogP contribution in [-0.4, -0.2) is 64.5 Å². The van der Waals surface area contributed by atoms with Crippen molar-refractivity contribution in [2.24, 2.45) is 0 Å². The fourth-order valence-corrected chi connectivity index (χ4v) is 2.55. The van der Waals surface area contributed by atoms with Crippen molar-refractivity contribution < 1.29 is 19.5 Å². The number of rotatable bonds is 3. The maximum atomic E-state index is 12.0. The van der Waals surface area contributed by atoms with Crippen LogP contribution in [0, 0.1) is 0 Å². The maximum Gasteiger partial charge on any atom is 0.324 e. The predicted octanol–water partition coefficient (Wildman–Crippen LogP) is -0.142. The zero-order valence-electron chi connectivity index (χ0n) is 12.2. The van der Waals surface area contributed by atoms with Crippen LogP contribution in [0.5, 0.6) is 0 Å². The summed E-state index contributed by atoms with van der Waals surface area (Å²) in [6.07, 6.45) is 5.90. The van der Waals surface area contributed by atoms with Gasteiger partial charge in [0.05, 0.1) is 6.54 Å². The van der Waals surface area contributed by atoms with Crippen molar-refractivity contribution >= 4 is 17.8 Å². The molecule has 1 atom stereocenters. The second-order valence-electron chi connectivity index (χ2n) is 5.40. The van der Waals surface area contributed by atoms with Gasteiger partial charge in [-0.15, -0.1) is 0 Å². The smallest absolute Gasteiger partial charge is 0.324 e. The van der Waals surface area contributed by atoms with Crippen molar-refractivity contribution in [2.45, 2.75) is 31.8 Å². The largest absolute Gasteiger partial charge is 0.384 e. The van der Waals surface area contributed by atoms with Crippen molar-refractivity contribution in [2.75, 3.05) is 26.2 Å². The van der Waals surface area contributed by atoms with Gasteiger partial charge in [0, 0.05) is 19.6 Å². The number of likely N-dealkylation sites (N-methyl/N-ethyl adjacent to an activating group) is 1. The minimum atomic E-state index is -1.06. The third kappa shape index (κ3) is 3.41. The predicted molar refractivity (Wildman–Crippen MR) is 75.3 cm³/mol. The van der Waals surface area contributed by atoms with E-state index >= 15 is 0 Å². The van der Waals surface area contributed by atoms with E-state index in [1.807, 2.05) is 6.08 Å². The highest BCUT2D eigenvalue weighted by Crippen LogP contribution is 2.21. The van der Waals surface area contributed by atoms with E-state index in [4.69, 9.17) is 0 Å². The Bertz CT molecular complexity index is 477. The fourth-order valence-electron chi connectivity index (χ4n) is 2.55. The summed E-state index contributed by atoms with van der Waals surface area (Å²) in [4.78, 5) is 37.9. The third-order valence-electron chi connectivity index (χ3n) is 3.89. The van der Waals surface area contributed by atoms with Crippen LogP contribution in [0.3, 0.4) is 0 Å². The van der Waals surface area contributed by atoms with Crippen LogP contribution in [0.25, 0.3) is 0 Å². The van der Waals surface area contributed by atoms with Gasteiger partial charge in [0.2, 0.25) is 0 Å². The van der Waals surface area contributed by atoms with Gasteiger partial charge in [-0.25, -0.2) is 4.79 Å². The molecule has 1 unspecified atom stereocenters. The molecule has 2 aliphatic rings. The SMILES string of the molecule is CCN1CCN(C(=O)NCC2(O)C=CCCC2)C(=O)C1=O. The molecular formula is C14H21N3O4. The van der Waals surface area contributed by atoms with Gasteiger partial charge >= 0.3 is 17.8 Å². The Morgan fingerprint density at radius 3 is 2.76 bits per heavy atom. The van der Waals surface area contributed by atoms with Gasteiger partial charge < -0.3 is 15.3 Å². The summed E-state index contributed by atoms with van der Waals surface area (Å²) in [6.45, 7) is 2.80. The van der Waals surface area contributed by atoms with Crippen LogP contribution in [-0.2, 0) is 9.59 Å². The molecule has 7 nitrogen and oxygen atoms in total. The molecule has 0 spiro atoms. The molecule has 0 radical (unpaired) electrons. The molecule has 0 aromatic heterocycles. The number of carbonyl (C=O) groups is 3. The lowest BCUT2D eigenvalue weighted by atomic mass is 9.91. The van der Waals surface area contributed by atoms with Crippen molar-refractivity contribution in [1.82, 2.24) is 15.1 Å². The van der Waals surface area contributed by atoms with E-state index in [0.29, 0.717) is 19.5 Å².